The van der Waals surface area contributed by atoms with Gasteiger partial charge in [0.2, 0.25) is 0 Å². The average molecular weight is 264 g/mol. The number of benzene rings is 1. The molecule has 106 valence electrons. The highest BCUT2D eigenvalue weighted by Gasteiger charge is 2.22. The molecule has 0 saturated carbocycles. The van der Waals surface area contributed by atoms with Crippen LogP contribution in [0.1, 0.15) is 23.6 Å². The van der Waals surface area contributed by atoms with Crippen LogP contribution in [0.15, 0.2) is 24.3 Å². The molecule has 0 aliphatic carbocycles. The van der Waals surface area contributed by atoms with E-state index < -0.39 is 0 Å². The molecule has 0 amide bonds. The standard InChI is InChI=1S/C15H24N2O2/c1-19-12-13-5-2-3-6-14(13)15(11-18)17-9-4-7-16-8-10-17/h2-3,5-6,15-16,18H,4,7-12H2,1H3. The molecule has 0 spiro atoms. The minimum Gasteiger partial charge on any atom is -0.394 e. The maximum Gasteiger partial charge on any atom is 0.0716 e. The van der Waals surface area contributed by atoms with Gasteiger partial charge in [0, 0.05) is 26.7 Å². The van der Waals surface area contributed by atoms with Crippen molar-refractivity contribution in [1.29, 1.82) is 0 Å². The van der Waals surface area contributed by atoms with E-state index >= 15 is 0 Å². The molecular weight excluding hydrogens is 240 g/mol. The van der Waals surface area contributed by atoms with Crippen LogP contribution in [-0.2, 0) is 11.3 Å². The largest absolute Gasteiger partial charge is 0.394 e. The second-order valence-corrected chi connectivity index (χ2v) is 4.97. The van der Waals surface area contributed by atoms with Crippen LogP contribution < -0.4 is 5.32 Å². The third-order valence-electron chi connectivity index (χ3n) is 3.70. The zero-order valence-corrected chi connectivity index (χ0v) is 11.6. The number of nitrogens with zero attached hydrogens (tertiary/aromatic N) is 1. The van der Waals surface area contributed by atoms with Gasteiger partial charge in [-0.25, -0.2) is 0 Å². The summed E-state index contributed by atoms with van der Waals surface area (Å²) in [6, 6.07) is 8.32. The lowest BCUT2D eigenvalue weighted by Gasteiger charge is -2.30. The number of methoxy groups -OCH3 is 1. The number of rotatable bonds is 5. The van der Waals surface area contributed by atoms with Gasteiger partial charge in [0.15, 0.2) is 0 Å². The van der Waals surface area contributed by atoms with Crippen molar-refractivity contribution in [2.75, 3.05) is 39.9 Å². The predicted molar refractivity (Wildman–Crippen MR) is 76.0 cm³/mol. The Labute approximate surface area is 115 Å². The highest BCUT2D eigenvalue weighted by Crippen LogP contribution is 2.24. The summed E-state index contributed by atoms with van der Waals surface area (Å²) in [5.74, 6) is 0. The number of aliphatic hydroxyl groups is 1. The van der Waals surface area contributed by atoms with Gasteiger partial charge < -0.3 is 15.2 Å². The predicted octanol–water partition coefficient (Wildman–Crippen LogP) is 1.16. The molecule has 1 aromatic carbocycles. The van der Waals surface area contributed by atoms with Crippen LogP contribution in [0.5, 0.6) is 0 Å². The first-order chi connectivity index (χ1) is 9.36. The van der Waals surface area contributed by atoms with Gasteiger partial charge in [0.05, 0.1) is 19.3 Å². The zero-order valence-electron chi connectivity index (χ0n) is 11.6. The molecule has 0 bridgehead atoms. The van der Waals surface area contributed by atoms with Crippen LogP contribution in [-0.4, -0.2) is 49.9 Å². The van der Waals surface area contributed by atoms with Gasteiger partial charge in [-0.2, -0.15) is 0 Å². The van der Waals surface area contributed by atoms with Gasteiger partial charge in [-0.1, -0.05) is 24.3 Å². The van der Waals surface area contributed by atoms with Crippen molar-refractivity contribution in [3.8, 4) is 0 Å². The monoisotopic (exact) mass is 264 g/mol. The Bertz CT molecular complexity index is 376. The van der Waals surface area contributed by atoms with E-state index in [0.717, 1.165) is 32.6 Å². The third-order valence-corrected chi connectivity index (χ3v) is 3.70. The summed E-state index contributed by atoms with van der Waals surface area (Å²) < 4.78 is 5.26. The van der Waals surface area contributed by atoms with Crippen LogP contribution in [0.25, 0.3) is 0 Å². The molecule has 19 heavy (non-hydrogen) atoms. The van der Waals surface area contributed by atoms with Crippen molar-refractivity contribution >= 4 is 0 Å². The van der Waals surface area contributed by atoms with E-state index in [1.165, 1.54) is 11.1 Å². The number of nitrogens with one attached hydrogen (secondary N) is 1. The summed E-state index contributed by atoms with van der Waals surface area (Å²) >= 11 is 0. The number of ether oxygens (including phenoxy) is 1. The molecule has 1 fully saturated rings. The molecule has 1 atom stereocenters. The molecule has 1 unspecified atom stereocenters. The van der Waals surface area contributed by atoms with Crippen molar-refractivity contribution in [3.05, 3.63) is 35.4 Å². The Morgan fingerprint density at radius 3 is 2.95 bits per heavy atom. The number of aliphatic hydroxyl groups excluding tert-OH is 1. The fraction of sp³-hybridized carbons (Fsp3) is 0.600. The van der Waals surface area contributed by atoms with Gasteiger partial charge in [-0.05, 0) is 24.1 Å². The van der Waals surface area contributed by atoms with Crippen molar-refractivity contribution in [3.63, 3.8) is 0 Å². The van der Waals surface area contributed by atoms with E-state index in [9.17, 15) is 5.11 Å². The molecule has 1 aliphatic rings. The van der Waals surface area contributed by atoms with Gasteiger partial charge in [-0.15, -0.1) is 0 Å². The molecular formula is C15H24N2O2. The van der Waals surface area contributed by atoms with Crippen LogP contribution in [0.4, 0.5) is 0 Å². The molecule has 2 N–H and O–H groups in total. The van der Waals surface area contributed by atoms with Crippen molar-refractivity contribution in [1.82, 2.24) is 10.2 Å². The van der Waals surface area contributed by atoms with E-state index in [0.29, 0.717) is 6.61 Å². The highest BCUT2D eigenvalue weighted by molar-refractivity contribution is 5.30. The maximum absolute atomic E-state index is 9.81. The van der Waals surface area contributed by atoms with Crippen LogP contribution in [0.2, 0.25) is 0 Å². The van der Waals surface area contributed by atoms with Crippen LogP contribution in [0, 0.1) is 0 Å². The number of hydrogen-bond donors (Lipinski definition) is 2. The molecule has 2 rings (SSSR count). The zero-order chi connectivity index (χ0) is 13.5. The van der Waals surface area contributed by atoms with Gasteiger partial charge in [0.1, 0.15) is 0 Å². The van der Waals surface area contributed by atoms with E-state index in [1.807, 2.05) is 12.1 Å². The molecule has 1 saturated heterocycles. The lowest BCUT2D eigenvalue weighted by Crippen LogP contribution is -2.34. The fourth-order valence-corrected chi connectivity index (χ4v) is 2.74. The van der Waals surface area contributed by atoms with Gasteiger partial charge in [0.25, 0.3) is 0 Å². The van der Waals surface area contributed by atoms with Gasteiger partial charge >= 0.3 is 0 Å². The minimum atomic E-state index is 0.0752. The first kappa shape index (κ1) is 14.5. The Morgan fingerprint density at radius 1 is 1.32 bits per heavy atom. The molecule has 1 aliphatic heterocycles. The SMILES string of the molecule is COCc1ccccc1C(CO)N1CCCNCC1. The molecule has 0 aromatic heterocycles. The lowest BCUT2D eigenvalue weighted by atomic mass is 9.99. The minimum absolute atomic E-state index is 0.0752. The van der Waals surface area contributed by atoms with E-state index in [2.05, 4.69) is 22.3 Å². The second-order valence-electron chi connectivity index (χ2n) is 4.97. The molecule has 4 nitrogen and oxygen atoms in total. The Balaban J connectivity index is 2.20. The summed E-state index contributed by atoms with van der Waals surface area (Å²) in [5, 5.41) is 13.2. The summed E-state index contributed by atoms with van der Waals surface area (Å²) in [4.78, 5) is 2.37. The van der Waals surface area contributed by atoms with Crippen molar-refractivity contribution in [2.45, 2.75) is 19.1 Å². The summed E-state index contributed by atoms with van der Waals surface area (Å²) in [6.45, 7) is 4.81. The van der Waals surface area contributed by atoms with E-state index in [1.54, 1.807) is 7.11 Å². The second kappa shape index (κ2) is 7.60. The topological polar surface area (TPSA) is 44.7 Å². The number of hydrogen-bond acceptors (Lipinski definition) is 4. The first-order valence-corrected chi connectivity index (χ1v) is 6.99. The summed E-state index contributed by atoms with van der Waals surface area (Å²) in [5.41, 5.74) is 2.36. The summed E-state index contributed by atoms with van der Waals surface area (Å²) in [7, 11) is 1.71. The first-order valence-electron chi connectivity index (χ1n) is 6.99. The smallest absolute Gasteiger partial charge is 0.0716 e. The molecule has 1 heterocycles. The van der Waals surface area contributed by atoms with Gasteiger partial charge in [-0.3, -0.25) is 4.90 Å². The lowest BCUT2D eigenvalue weighted by molar-refractivity contribution is 0.125. The highest BCUT2D eigenvalue weighted by atomic mass is 16.5. The average Bonchev–Trinajstić information content (AvgIpc) is 2.71. The maximum atomic E-state index is 9.81. The quantitative estimate of drug-likeness (QED) is 0.838. The molecule has 0 radical (unpaired) electrons. The van der Waals surface area contributed by atoms with Crippen molar-refractivity contribution in [2.24, 2.45) is 0 Å². The molecule has 1 aromatic rings. The normalized spacial score (nSPS) is 19.1. The van der Waals surface area contributed by atoms with E-state index in [4.69, 9.17) is 4.74 Å². The van der Waals surface area contributed by atoms with Crippen LogP contribution in [0.3, 0.4) is 0 Å². The van der Waals surface area contributed by atoms with Crippen molar-refractivity contribution < 1.29 is 9.84 Å². The Morgan fingerprint density at radius 2 is 2.16 bits per heavy atom. The fourth-order valence-electron chi connectivity index (χ4n) is 2.74. The molecule has 4 heteroatoms. The third kappa shape index (κ3) is 3.76. The summed E-state index contributed by atoms with van der Waals surface area (Å²) in [6.07, 6.45) is 1.13. The van der Waals surface area contributed by atoms with Crippen LogP contribution >= 0.6 is 0 Å². The Hall–Kier alpha value is -0.940. The van der Waals surface area contributed by atoms with E-state index in [-0.39, 0.29) is 12.6 Å². The Kier molecular flexibility index (Phi) is 5.79.